The monoisotopic (exact) mass is 341 g/mol. The summed E-state index contributed by atoms with van der Waals surface area (Å²) >= 11 is 4.75. The van der Waals surface area contributed by atoms with Crippen LogP contribution in [0.25, 0.3) is 0 Å². The number of hydrogen-bond donors (Lipinski definition) is 1. The molecule has 0 atom stereocenters. The first-order valence-electron chi connectivity index (χ1n) is 4.08. The van der Waals surface area contributed by atoms with Crippen LogP contribution < -0.4 is 4.31 Å². The summed E-state index contributed by atoms with van der Waals surface area (Å²) in [6.07, 6.45) is 4.23. The van der Waals surface area contributed by atoms with Crippen LogP contribution in [0.5, 0.6) is 0 Å². The lowest BCUT2D eigenvalue weighted by atomic mass is 10.2. The van der Waals surface area contributed by atoms with Crippen LogP contribution in [-0.2, 0) is 11.7 Å². The van der Waals surface area contributed by atoms with E-state index in [4.69, 9.17) is 11.7 Å². The number of rotatable bonds is 7. The van der Waals surface area contributed by atoms with Gasteiger partial charge >= 0.3 is 0 Å². The Morgan fingerprint density at radius 3 is 2.14 bits per heavy atom. The maximum absolute atomic E-state index is 4.75. The van der Waals surface area contributed by atoms with E-state index in [1.165, 1.54) is 42.2 Å². The van der Waals surface area contributed by atoms with Crippen LogP contribution in [0.4, 0.5) is 0 Å². The highest BCUT2D eigenvalue weighted by Gasteiger charge is 2.15. The fourth-order valence-electron chi connectivity index (χ4n) is 1.14. The summed E-state index contributed by atoms with van der Waals surface area (Å²) in [7, 11) is 12.3. The van der Waals surface area contributed by atoms with Gasteiger partial charge in [0.1, 0.15) is 0 Å². The Balaban J connectivity index is 1.82. The minimum absolute atomic E-state index is 1.34. The second-order valence-electron chi connectivity index (χ2n) is 2.59. The van der Waals surface area contributed by atoms with Crippen LogP contribution in [0.2, 0.25) is 0 Å². The second-order valence-corrected chi connectivity index (χ2v) is 14.4. The van der Waals surface area contributed by atoms with Gasteiger partial charge in [-0.25, -0.2) is 0 Å². The third kappa shape index (κ3) is 7.94. The van der Waals surface area contributed by atoms with E-state index in [9.17, 15) is 0 Å². The number of quaternary nitrogens is 1. The lowest BCUT2D eigenvalue weighted by molar-refractivity contribution is -0.759. The maximum atomic E-state index is 4.75. The Bertz CT molecular complexity index is 129. The lowest BCUT2D eigenvalue weighted by Crippen LogP contribution is -3.05. The van der Waals surface area contributed by atoms with Crippen molar-refractivity contribution in [2.45, 2.75) is 19.3 Å². The van der Waals surface area contributed by atoms with Gasteiger partial charge in [-0.15, -0.1) is 0 Å². The Labute approximate surface area is 117 Å². The average Bonchev–Trinajstić information content (AvgIpc) is 2.25. The molecule has 1 N–H and O–H groups in total. The van der Waals surface area contributed by atoms with Crippen LogP contribution in [0.15, 0.2) is 0 Å². The molecule has 0 spiro atoms. The van der Waals surface area contributed by atoms with E-state index in [1.807, 2.05) is 30.6 Å². The highest BCUT2D eigenvalue weighted by Crippen LogP contribution is 2.53. The van der Waals surface area contributed by atoms with Gasteiger partial charge in [-0.05, 0) is 38.9 Å². The predicted octanol–water partition coefficient (Wildman–Crippen LogP) is 4.05. The first-order valence-corrected chi connectivity index (χ1v) is 13.8. The van der Waals surface area contributed by atoms with Gasteiger partial charge < -0.3 is 11.7 Å². The zero-order valence-electron chi connectivity index (χ0n) is 7.30. The van der Waals surface area contributed by atoms with Crippen LogP contribution in [-0.4, -0.2) is 13.1 Å². The molecule has 84 valence electrons. The summed E-state index contributed by atoms with van der Waals surface area (Å²) in [5, 5.41) is 0. The molecule has 1 fully saturated rings. The first kappa shape index (κ1) is 14.8. The van der Waals surface area contributed by atoms with Gasteiger partial charge in [0.05, 0.1) is 22.9 Å². The van der Waals surface area contributed by atoms with Gasteiger partial charge in [0.2, 0.25) is 0 Å². The fraction of sp³-hybridized carbons (Fsp3) is 1.00. The molecule has 1 saturated heterocycles. The van der Waals surface area contributed by atoms with E-state index < -0.39 is 0 Å². The summed E-state index contributed by atoms with van der Waals surface area (Å²) in [4.78, 5) is 0. The largest absolute Gasteiger partial charge is 0.706 e. The van der Waals surface area contributed by atoms with E-state index in [0.29, 0.717) is 0 Å². The zero-order chi connectivity index (χ0) is 10.1. The van der Waals surface area contributed by atoms with Gasteiger partial charge in [0.15, 0.2) is 11.0 Å². The number of hydrogen-bond acceptors (Lipinski definition) is 8. The first-order chi connectivity index (χ1) is 6.93. The Morgan fingerprint density at radius 1 is 0.786 bits per heavy atom. The highest BCUT2D eigenvalue weighted by atomic mass is 34.0. The summed E-state index contributed by atoms with van der Waals surface area (Å²) in [5.74, 6) is 0. The maximum Gasteiger partial charge on any atom is 0.157 e. The van der Waals surface area contributed by atoms with Crippen LogP contribution >= 0.6 is 69.9 Å². The van der Waals surface area contributed by atoms with Gasteiger partial charge in [-0.1, -0.05) is 0 Å². The molecule has 1 aliphatic rings. The summed E-state index contributed by atoms with van der Waals surface area (Å²) in [6.45, 7) is 2.68. The molecule has 0 bridgehead atoms. The molecule has 14 heavy (non-hydrogen) atoms. The van der Waals surface area contributed by atoms with Crippen molar-refractivity contribution < 1.29 is 4.31 Å². The van der Waals surface area contributed by atoms with Crippen molar-refractivity contribution in [3.05, 3.63) is 0 Å². The van der Waals surface area contributed by atoms with Gasteiger partial charge in [-0.3, -0.25) is 14.1 Å². The molecule has 0 aromatic carbocycles. The normalized spacial score (nSPS) is 18.6. The summed E-state index contributed by atoms with van der Waals surface area (Å²) in [5.41, 5.74) is 0. The minimum Gasteiger partial charge on any atom is -0.706 e. The predicted molar refractivity (Wildman–Crippen MR) is 85.0 cm³/mol. The molecule has 1 nitrogen and oxygen atoms in total. The van der Waals surface area contributed by atoms with Crippen LogP contribution in [0.3, 0.4) is 0 Å². The van der Waals surface area contributed by atoms with Crippen LogP contribution in [0, 0.1) is 0 Å². The van der Waals surface area contributed by atoms with Crippen molar-refractivity contribution in [3.8, 4) is 0 Å². The second kappa shape index (κ2) is 10.9. The number of nitrogens with one attached hydrogen (secondary N) is 1. The highest BCUT2D eigenvalue weighted by molar-refractivity contribution is 9.47. The molecule has 0 aliphatic carbocycles. The van der Waals surface area contributed by atoms with Crippen molar-refractivity contribution in [1.29, 1.82) is 0 Å². The molecular weight excluding hydrogens is 331 g/mol. The fourth-order valence-corrected chi connectivity index (χ4v) is 15.4. The van der Waals surface area contributed by atoms with E-state index in [0.717, 1.165) is 0 Å². The molecular formula is C5H11NS8. The Hall–Kier alpha value is 2.76. The summed E-state index contributed by atoms with van der Waals surface area (Å²) in [6, 6.07) is 0. The van der Waals surface area contributed by atoms with Crippen molar-refractivity contribution in [2.24, 2.45) is 0 Å². The van der Waals surface area contributed by atoms with Gasteiger partial charge in [0.25, 0.3) is 0 Å². The third-order valence-electron chi connectivity index (χ3n) is 1.70. The van der Waals surface area contributed by atoms with Crippen molar-refractivity contribution in [1.82, 2.24) is 0 Å². The quantitative estimate of drug-likeness (QED) is 0.316. The average molecular weight is 342 g/mol. The number of piperidine rings is 1. The topological polar surface area (TPSA) is 4.44 Å². The molecule has 9 heteroatoms. The van der Waals surface area contributed by atoms with Crippen LogP contribution in [0.1, 0.15) is 19.3 Å². The molecule has 0 unspecified atom stereocenters. The van der Waals surface area contributed by atoms with E-state index in [-0.39, 0.29) is 0 Å². The SMILES string of the molecule is [S-]SSSSSSS[NH+]1CCCCC1. The standard InChI is InChI=1S/C5H11NS8/c7-9-11-13-14-12-10-8-6-4-2-1-3-5-6/h7H,1-5H2. The van der Waals surface area contributed by atoms with E-state index >= 15 is 0 Å². The minimum atomic E-state index is 1.34. The van der Waals surface area contributed by atoms with Crippen molar-refractivity contribution >= 4 is 81.6 Å². The van der Waals surface area contributed by atoms with Crippen molar-refractivity contribution in [2.75, 3.05) is 13.1 Å². The zero-order valence-corrected chi connectivity index (χ0v) is 13.8. The summed E-state index contributed by atoms with van der Waals surface area (Å²) < 4.78 is 1.68. The van der Waals surface area contributed by atoms with Crippen molar-refractivity contribution in [3.63, 3.8) is 0 Å². The molecule has 1 aliphatic heterocycles. The molecule has 1 heterocycles. The third-order valence-corrected chi connectivity index (χ3v) is 15.0. The Kier molecular flexibility index (Phi) is 11.5. The molecule has 0 saturated carbocycles. The van der Waals surface area contributed by atoms with E-state index in [1.54, 1.807) is 33.8 Å². The smallest absolute Gasteiger partial charge is 0.157 e. The molecule has 0 aromatic rings. The molecule has 0 radical (unpaired) electrons. The lowest BCUT2D eigenvalue weighted by Gasteiger charge is -2.19. The molecule has 0 aromatic heterocycles. The Morgan fingerprint density at radius 2 is 1.43 bits per heavy atom. The molecule has 0 amide bonds. The van der Waals surface area contributed by atoms with Gasteiger partial charge in [0, 0.05) is 19.7 Å². The molecule has 1 rings (SSSR count). The van der Waals surface area contributed by atoms with Gasteiger partial charge in [-0.2, -0.15) is 0 Å². The van der Waals surface area contributed by atoms with E-state index in [2.05, 4.69) is 0 Å².